The van der Waals surface area contributed by atoms with Gasteiger partial charge in [-0.1, -0.05) is 0 Å². The van der Waals surface area contributed by atoms with Gasteiger partial charge < -0.3 is 5.73 Å². The van der Waals surface area contributed by atoms with Crippen LogP contribution in [0.4, 0.5) is 5.95 Å². The van der Waals surface area contributed by atoms with Crippen LogP contribution in [-0.4, -0.2) is 14.6 Å². The quantitative estimate of drug-likeness (QED) is 0.811. The summed E-state index contributed by atoms with van der Waals surface area (Å²) >= 11 is 6.80. The van der Waals surface area contributed by atoms with Crippen LogP contribution in [0.3, 0.4) is 0 Å². The molecule has 0 spiro atoms. The lowest BCUT2D eigenvalue weighted by atomic mass is 10.4. The smallest absolute Gasteiger partial charge is 0.240 e. The first-order chi connectivity index (χ1) is 6.09. The van der Waals surface area contributed by atoms with Crippen molar-refractivity contribution in [3.05, 3.63) is 20.7 Å². The summed E-state index contributed by atoms with van der Waals surface area (Å²) in [6, 6.07) is 1.93. The standard InChI is InChI=1S/C7H6Br2N4/c1-3-4(8)2-5(9)6-11-7(10)12-13(3)6/h2H,1H3,(H2,10,12). The topological polar surface area (TPSA) is 56.2 Å². The summed E-state index contributed by atoms with van der Waals surface area (Å²) in [7, 11) is 0. The van der Waals surface area contributed by atoms with E-state index in [0.717, 1.165) is 20.3 Å². The molecule has 4 nitrogen and oxygen atoms in total. The largest absolute Gasteiger partial charge is 0.366 e. The van der Waals surface area contributed by atoms with Crippen molar-refractivity contribution in [2.75, 3.05) is 5.73 Å². The van der Waals surface area contributed by atoms with E-state index < -0.39 is 0 Å². The van der Waals surface area contributed by atoms with E-state index in [1.807, 2.05) is 13.0 Å². The highest BCUT2D eigenvalue weighted by molar-refractivity contribution is 9.11. The van der Waals surface area contributed by atoms with Gasteiger partial charge in [0.25, 0.3) is 0 Å². The molecule has 0 unspecified atom stereocenters. The molecule has 0 aromatic carbocycles. The van der Waals surface area contributed by atoms with E-state index in [-0.39, 0.29) is 5.95 Å². The summed E-state index contributed by atoms with van der Waals surface area (Å²) in [5.41, 5.74) is 7.21. The fourth-order valence-corrected chi connectivity index (χ4v) is 2.29. The van der Waals surface area contributed by atoms with Crippen LogP contribution in [0, 0.1) is 6.92 Å². The number of nitrogens with two attached hydrogens (primary N) is 1. The minimum absolute atomic E-state index is 0.280. The summed E-state index contributed by atoms with van der Waals surface area (Å²) in [5, 5.41) is 4.06. The lowest BCUT2D eigenvalue weighted by Crippen LogP contribution is -1.95. The highest BCUT2D eigenvalue weighted by Gasteiger charge is 2.09. The highest BCUT2D eigenvalue weighted by Crippen LogP contribution is 2.25. The average Bonchev–Trinajstić information content (AvgIpc) is 2.44. The predicted octanol–water partition coefficient (Wildman–Crippen LogP) is 2.14. The zero-order valence-electron chi connectivity index (χ0n) is 6.75. The summed E-state index contributed by atoms with van der Waals surface area (Å²) in [6.07, 6.45) is 0. The zero-order valence-corrected chi connectivity index (χ0v) is 9.92. The third kappa shape index (κ3) is 1.34. The Morgan fingerprint density at radius 2 is 2.08 bits per heavy atom. The fraction of sp³-hybridized carbons (Fsp3) is 0.143. The van der Waals surface area contributed by atoms with Gasteiger partial charge in [-0.25, -0.2) is 4.52 Å². The Labute approximate surface area is 91.4 Å². The molecule has 0 fully saturated rings. The molecule has 13 heavy (non-hydrogen) atoms. The Hall–Kier alpha value is -0.620. The molecule has 0 aliphatic rings. The number of nitrogen functional groups attached to an aromatic ring is 1. The molecule has 0 aliphatic carbocycles. The molecule has 0 saturated heterocycles. The first-order valence-corrected chi connectivity index (χ1v) is 5.15. The summed E-state index contributed by atoms with van der Waals surface area (Å²) < 4.78 is 3.54. The number of fused-ring (bicyclic) bond motifs is 1. The molecular formula is C7H6Br2N4. The molecular weight excluding hydrogens is 300 g/mol. The molecule has 0 amide bonds. The van der Waals surface area contributed by atoms with Crippen molar-refractivity contribution in [3.63, 3.8) is 0 Å². The van der Waals surface area contributed by atoms with E-state index >= 15 is 0 Å². The second-order valence-electron chi connectivity index (χ2n) is 2.63. The van der Waals surface area contributed by atoms with E-state index in [1.165, 1.54) is 0 Å². The van der Waals surface area contributed by atoms with Crippen LogP contribution in [-0.2, 0) is 0 Å². The van der Waals surface area contributed by atoms with Gasteiger partial charge in [0.2, 0.25) is 5.95 Å². The van der Waals surface area contributed by atoms with Crippen LogP contribution in [0.25, 0.3) is 5.65 Å². The minimum atomic E-state index is 0.280. The number of hydrogen-bond donors (Lipinski definition) is 1. The van der Waals surface area contributed by atoms with Crippen molar-refractivity contribution in [2.24, 2.45) is 0 Å². The zero-order chi connectivity index (χ0) is 9.59. The van der Waals surface area contributed by atoms with E-state index in [4.69, 9.17) is 5.73 Å². The normalized spacial score (nSPS) is 11.0. The molecule has 6 heteroatoms. The molecule has 2 aromatic heterocycles. The van der Waals surface area contributed by atoms with Gasteiger partial charge in [-0.15, -0.1) is 5.10 Å². The highest BCUT2D eigenvalue weighted by atomic mass is 79.9. The Morgan fingerprint density at radius 3 is 2.77 bits per heavy atom. The second-order valence-corrected chi connectivity index (χ2v) is 4.34. The molecule has 0 atom stereocenters. The lowest BCUT2D eigenvalue weighted by Gasteiger charge is -2.01. The number of anilines is 1. The number of aromatic nitrogens is 3. The molecule has 0 saturated carbocycles. The van der Waals surface area contributed by atoms with E-state index in [2.05, 4.69) is 41.9 Å². The van der Waals surface area contributed by atoms with Crippen molar-refractivity contribution < 1.29 is 0 Å². The summed E-state index contributed by atoms with van der Waals surface area (Å²) in [6.45, 7) is 1.94. The van der Waals surface area contributed by atoms with Crippen LogP contribution in [0.1, 0.15) is 5.69 Å². The number of halogens is 2. The molecule has 0 radical (unpaired) electrons. The van der Waals surface area contributed by atoms with Gasteiger partial charge in [0, 0.05) is 4.47 Å². The maximum atomic E-state index is 5.50. The molecule has 2 N–H and O–H groups in total. The van der Waals surface area contributed by atoms with Crippen LogP contribution in [0.2, 0.25) is 0 Å². The van der Waals surface area contributed by atoms with Crippen LogP contribution in [0.5, 0.6) is 0 Å². The third-order valence-corrected chi connectivity index (χ3v) is 3.14. The SMILES string of the molecule is Cc1c(Br)cc(Br)c2nc(N)nn12. The first-order valence-electron chi connectivity index (χ1n) is 3.56. The van der Waals surface area contributed by atoms with Gasteiger partial charge in [0.15, 0.2) is 5.65 Å². The Balaban J connectivity index is 2.95. The van der Waals surface area contributed by atoms with Gasteiger partial charge in [-0.3, -0.25) is 0 Å². The average molecular weight is 306 g/mol. The third-order valence-electron chi connectivity index (χ3n) is 1.75. The van der Waals surface area contributed by atoms with Crippen molar-refractivity contribution in [3.8, 4) is 0 Å². The van der Waals surface area contributed by atoms with Crippen LogP contribution < -0.4 is 5.73 Å². The van der Waals surface area contributed by atoms with E-state index in [0.29, 0.717) is 0 Å². The Bertz CT molecular complexity index is 477. The molecule has 0 aliphatic heterocycles. The Kier molecular flexibility index (Phi) is 2.03. The fourth-order valence-electron chi connectivity index (χ4n) is 1.10. The predicted molar refractivity (Wildman–Crippen MR) is 57.5 cm³/mol. The number of hydrogen-bond acceptors (Lipinski definition) is 3. The number of aryl methyl sites for hydroxylation is 1. The van der Waals surface area contributed by atoms with Gasteiger partial charge in [0.05, 0.1) is 10.2 Å². The van der Waals surface area contributed by atoms with E-state index in [1.54, 1.807) is 4.52 Å². The lowest BCUT2D eigenvalue weighted by molar-refractivity contribution is 0.910. The molecule has 2 rings (SSSR count). The molecule has 2 heterocycles. The minimum Gasteiger partial charge on any atom is -0.366 e. The second kappa shape index (κ2) is 2.95. The van der Waals surface area contributed by atoms with Gasteiger partial charge in [0.1, 0.15) is 0 Å². The number of rotatable bonds is 0. The van der Waals surface area contributed by atoms with Crippen LogP contribution >= 0.6 is 31.9 Å². The first kappa shape index (κ1) is 8.96. The molecule has 0 bridgehead atoms. The van der Waals surface area contributed by atoms with Crippen molar-refractivity contribution in [1.82, 2.24) is 14.6 Å². The van der Waals surface area contributed by atoms with Gasteiger partial charge in [-0.05, 0) is 44.8 Å². The number of nitrogens with zero attached hydrogens (tertiary/aromatic N) is 3. The maximum absolute atomic E-state index is 5.50. The summed E-state index contributed by atoms with van der Waals surface area (Å²) in [5.74, 6) is 0.280. The van der Waals surface area contributed by atoms with Crippen LogP contribution in [0.15, 0.2) is 15.0 Å². The van der Waals surface area contributed by atoms with Crippen molar-refractivity contribution in [1.29, 1.82) is 0 Å². The van der Waals surface area contributed by atoms with Crippen molar-refractivity contribution in [2.45, 2.75) is 6.92 Å². The molecule has 68 valence electrons. The molecule has 2 aromatic rings. The Morgan fingerprint density at radius 1 is 1.38 bits per heavy atom. The van der Waals surface area contributed by atoms with E-state index in [9.17, 15) is 0 Å². The number of pyridine rings is 1. The van der Waals surface area contributed by atoms with Crippen molar-refractivity contribution >= 4 is 43.5 Å². The van der Waals surface area contributed by atoms with Gasteiger partial charge in [-0.2, -0.15) is 4.98 Å². The maximum Gasteiger partial charge on any atom is 0.240 e. The summed E-state index contributed by atoms with van der Waals surface area (Å²) in [4.78, 5) is 4.08. The van der Waals surface area contributed by atoms with Gasteiger partial charge >= 0.3 is 0 Å². The monoisotopic (exact) mass is 304 g/mol.